The average molecular weight is 775 g/mol. The fraction of sp³-hybridized carbons (Fsp3) is 0.711. The van der Waals surface area contributed by atoms with Crippen LogP contribution in [0, 0.1) is 5.41 Å². The molecular formula is C45H80ClN5O3. The van der Waals surface area contributed by atoms with Gasteiger partial charge < -0.3 is 24.8 Å². The normalized spacial score (nSPS) is 17.3. The van der Waals surface area contributed by atoms with E-state index < -0.39 is 0 Å². The molecule has 8 nitrogen and oxygen atoms in total. The van der Waals surface area contributed by atoms with Crippen molar-refractivity contribution < 1.29 is 14.4 Å². The van der Waals surface area contributed by atoms with E-state index in [9.17, 15) is 9.59 Å². The Morgan fingerprint density at radius 3 is 1.96 bits per heavy atom. The smallest absolute Gasteiger partial charge is 0.249 e. The number of para-hydroxylation sites is 1. The Hall–Kier alpha value is -2.84. The highest BCUT2D eigenvalue weighted by atomic mass is 35.5. The van der Waals surface area contributed by atoms with E-state index in [0.717, 1.165) is 106 Å². The number of piperidine rings is 2. The molecule has 2 heterocycles. The van der Waals surface area contributed by atoms with Crippen LogP contribution < -0.4 is 10.2 Å². The van der Waals surface area contributed by atoms with Crippen molar-refractivity contribution in [2.75, 3.05) is 44.7 Å². The summed E-state index contributed by atoms with van der Waals surface area (Å²) in [4.78, 5) is 43.9. The fourth-order valence-corrected chi connectivity index (χ4v) is 7.10. The summed E-state index contributed by atoms with van der Waals surface area (Å²) in [5.74, 6) is 0.236. The van der Waals surface area contributed by atoms with Gasteiger partial charge in [-0.1, -0.05) is 97.7 Å². The van der Waals surface area contributed by atoms with E-state index in [1.165, 1.54) is 19.8 Å². The molecule has 9 heteroatoms. The highest BCUT2D eigenvalue weighted by Gasteiger charge is 2.36. The van der Waals surface area contributed by atoms with Crippen LogP contribution in [-0.4, -0.2) is 96.7 Å². The summed E-state index contributed by atoms with van der Waals surface area (Å²) in [7, 11) is 2.01. The average Bonchev–Trinajstić information content (AvgIpc) is 3.13. The molecular weight excluding hydrogens is 694 g/mol. The van der Waals surface area contributed by atoms with Crippen molar-refractivity contribution in [2.45, 2.75) is 165 Å². The van der Waals surface area contributed by atoms with Gasteiger partial charge in [-0.15, -0.1) is 0 Å². The molecule has 1 aromatic carbocycles. The second-order valence-corrected chi connectivity index (χ2v) is 16.5. The molecule has 0 bridgehead atoms. The van der Waals surface area contributed by atoms with Crippen LogP contribution in [0.5, 0.6) is 0 Å². The standard InChI is InChI=1S/C28H50N4O2.C12H18ClN.C3H8.C2H4O/c1-20(2)32-18-14-11-15-24(32)26(33)29-25(28(6,7)8)23(5)30(9)22(4)19-21(3)27(34)31-16-12-10-13-17-31;1-3-9-14(10-4-2)12-8-6-5-7-11(12)13;1-3-2;1-2-3/h19-20,22,24-25H,5,10-18H2,1-4,6-9H3,(H,29,33);5-8H,3-4,9-10H2,1-2H3;3H2,1-2H3;2H,1H3/b21-19+;;;. The minimum atomic E-state index is -0.199. The Morgan fingerprint density at radius 2 is 1.48 bits per heavy atom. The van der Waals surface area contributed by atoms with Crippen LogP contribution in [0.25, 0.3) is 0 Å². The summed E-state index contributed by atoms with van der Waals surface area (Å²) < 4.78 is 0. The summed E-state index contributed by atoms with van der Waals surface area (Å²) >= 11 is 6.15. The lowest BCUT2D eigenvalue weighted by Crippen LogP contribution is -2.57. The van der Waals surface area contributed by atoms with E-state index in [4.69, 9.17) is 16.4 Å². The molecule has 0 radical (unpaired) electrons. The van der Waals surface area contributed by atoms with Crippen molar-refractivity contribution >= 4 is 35.4 Å². The lowest BCUT2D eigenvalue weighted by atomic mass is 9.83. The molecule has 1 N–H and O–H groups in total. The molecule has 3 atom stereocenters. The number of carbonyl (C=O) groups excluding carboxylic acids is 3. The Bertz CT molecular complexity index is 1250. The summed E-state index contributed by atoms with van der Waals surface area (Å²) in [5.41, 5.74) is 2.62. The maximum absolute atomic E-state index is 13.4. The lowest BCUT2D eigenvalue weighted by molar-refractivity contribution is -0.130. The molecule has 2 amide bonds. The van der Waals surface area contributed by atoms with E-state index in [1.54, 1.807) is 0 Å². The summed E-state index contributed by atoms with van der Waals surface area (Å²) in [6.45, 7) is 34.1. The first-order chi connectivity index (χ1) is 25.5. The number of nitrogens with zero attached hydrogens (tertiary/aromatic N) is 4. The maximum Gasteiger partial charge on any atom is 0.249 e. The first-order valence-electron chi connectivity index (χ1n) is 20.8. The van der Waals surface area contributed by atoms with Gasteiger partial charge in [0.05, 0.1) is 22.8 Å². The van der Waals surface area contributed by atoms with Crippen molar-refractivity contribution in [1.29, 1.82) is 0 Å². The van der Waals surface area contributed by atoms with Crippen LogP contribution in [0.2, 0.25) is 5.02 Å². The van der Waals surface area contributed by atoms with Crippen molar-refractivity contribution in [3.8, 4) is 0 Å². The van der Waals surface area contributed by atoms with Crippen LogP contribution in [-0.2, 0) is 14.4 Å². The van der Waals surface area contributed by atoms with Crippen molar-refractivity contribution in [3.05, 3.63) is 53.2 Å². The number of amides is 2. The fourth-order valence-electron chi connectivity index (χ4n) is 6.85. The van der Waals surface area contributed by atoms with E-state index >= 15 is 0 Å². The number of aldehydes is 1. The molecule has 0 spiro atoms. The van der Waals surface area contributed by atoms with Crippen LogP contribution >= 0.6 is 11.6 Å². The second-order valence-electron chi connectivity index (χ2n) is 16.1. The number of nitrogens with one attached hydrogen (secondary N) is 1. The van der Waals surface area contributed by atoms with E-state index in [-0.39, 0.29) is 35.4 Å². The lowest BCUT2D eigenvalue weighted by Gasteiger charge is -2.42. The molecule has 2 aliphatic rings. The third-order valence-corrected chi connectivity index (χ3v) is 10.0. The summed E-state index contributed by atoms with van der Waals surface area (Å²) in [5, 5.41) is 4.21. The first-order valence-corrected chi connectivity index (χ1v) is 21.2. The molecule has 2 fully saturated rings. The molecule has 0 aliphatic carbocycles. The molecule has 2 saturated heterocycles. The molecule has 1 aromatic rings. The number of anilines is 1. The van der Waals surface area contributed by atoms with Gasteiger partial charge >= 0.3 is 0 Å². The van der Waals surface area contributed by atoms with Gasteiger partial charge in [0.2, 0.25) is 11.8 Å². The van der Waals surface area contributed by atoms with Gasteiger partial charge in [0, 0.05) is 56.6 Å². The topological polar surface area (TPSA) is 76.2 Å². The maximum atomic E-state index is 13.4. The quantitative estimate of drug-likeness (QED) is 0.159. The first kappa shape index (κ1) is 51.2. The highest BCUT2D eigenvalue weighted by Crippen LogP contribution is 2.29. The van der Waals surface area contributed by atoms with Gasteiger partial charge in [-0.2, -0.15) is 0 Å². The number of rotatable bonds is 13. The summed E-state index contributed by atoms with van der Waals surface area (Å²) in [6, 6.07) is 8.11. The predicted octanol–water partition coefficient (Wildman–Crippen LogP) is 10.2. The molecule has 2 aliphatic heterocycles. The number of hydrogen-bond acceptors (Lipinski definition) is 6. The third-order valence-electron chi connectivity index (χ3n) is 9.71. The Labute approximate surface area is 337 Å². The largest absolute Gasteiger partial charge is 0.370 e. The Morgan fingerprint density at radius 1 is 0.963 bits per heavy atom. The van der Waals surface area contributed by atoms with Crippen molar-refractivity contribution in [2.24, 2.45) is 5.41 Å². The van der Waals surface area contributed by atoms with Gasteiger partial charge in [0.25, 0.3) is 0 Å². The number of carbonyl (C=O) groups is 3. The molecule has 0 aromatic heterocycles. The second kappa shape index (κ2) is 27.7. The van der Waals surface area contributed by atoms with Crippen LogP contribution in [0.1, 0.15) is 141 Å². The highest BCUT2D eigenvalue weighted by molar-refractivity contribution is 6.33. The van der Waals surface area contributed by atoms with E-state index in [2.05, 4.69) is 102 Å². The van der Waals surface area contributed by atoms with Gasteiger partial charge in [-0.3, -0.25) is 14.5 Å². The number of benzene rings is 1. The number of hydrogen-bond donors (Lipinski definition) is 1. The molecule has 3 rings (SSSR count). The zero-order chi connectivity index (χ0) is 41.4. The van der Waals surface area contributed by atoms with Crippen LogP contribution in [0.4, 0.5) is 5.69 Å². The molecule has 3 unspecified atom stereocenters. The zero-order valence-corrected chi connectivity index (χ0v) is 37.5. The van der Waals surface area contributed by atoms with Gasteiger partial charge in [-0.25, -0.2) is 0 Å². The number of halogens is 1. The molecule has 0 saturated carbocycles. The van der Waals surface area contributed by atoms with Gasteiger partial charge in [0.15, 0.2) is 0 Å². The molecule has 310 valence electrons. The number of likely N-dealkylation sites (tertiary alicyclic amines) is 2. The Kier molecular flexibility index (Phi) is 26.2. The van der Waals surface area contributed by atoms with E-state index in [1.807, 2.05) is 43.1 Å². The van der Waals surface area contributed by atoms with Crippen LogP contribution in [0.3, 0.4) is 0 Å². The van der Waals surface area contributed by atoms with Crippen molar-refractivity contribution in [3.63, 3.8) is 0 Å². The monoisotopic (exact) mass is 774 g/mol. The van der Waals surface area contributed by atoms with Gasteiger partial charge in [0.1, 0.15) is 6.29 Å². The van der Waals surface area contributed by atoms with Crippen LogP contribution in [0.15, 0.2) is 48.2 Å². The minimum Gasteiger partial charge on any atom is -0.370 e. The molecule has 54 heavy (non-hydrogen) atoms. The van der Waals surface area contributed by atoms with Gasteiger partial charge in [-0.05, 0) is 104 Å². The zero-order valence-electron chi connectivity index (χ0n) is 36.8. The number of likely N-dealkylation sites (N-methyl/N-ethyl adjacent to an activating group) is 1. The Balaban J connectivity index is 0.00000115. The van der Waals surface area contributed by atoms with Crippen molar-refractivity contribution in [1.82, 2.24) is 20.0 Å². The van der Waals surface area contributed by atoms with E-state index in [0.29, 0.717) is 6.04 Å². The minimum absolute atomic E-state index is 0.00941. The third kappa shape index (κ3) is 18.2. The summed E-state index contributed by atoms with van der Waals surface area (Å²) in [6.07, 6.45) is 12.9. The predicted molar refractivity (Wildman–Crippen MR) is 233 cm³/mol. The SMILES string of the molecule is C=C(C(NC(=O)C1CCCCN1C(C)C)C(C)(C)C)N(C)C(C)/C=C(\C)C(=O)N1CCCCC1.CC=O.CCC.CCCN(CCC)c1ccccc1Cl.